The fourth-order valence-corrected chi connectivity index (χ4v) is 2.75. The maximum absolute atomic E-state index is 5.73. The van der Waals surface area contributed by atoms with E-state index in [4.69, 9.17) is 9.47 Å². The Labute approximate surface area is 172 Å². The van der Waals surface area contributed by atoms with Crippen molar-refractivity contribution in [3.05, 3.63) is 53.6 Å². The standard InChI is InChI=1S/C20H25N3O2.HI/c1-15-5-3-6-16(13-15)9-10-22-20(21-2)23-17-7-8-18-19(14-17)25-12-4-11-24-18;/h3,5-8,13-14H,4,9-12H2,1-2H3,(H2,21,22,23);1H. The Hall–Kier alpha value is -1.96. The number of benzene rings is 2. The van der Waals surface area contributed by atoms with Crippen molar-refractivity contribution in [3.8, 4) is 11.5 Å². The van der Waals surface area contributed by atoms with Gasteiger partial charge in [-0.25, -0.2) is 0 Å². The van der Waals surface area contributed by atoms with Crippen LogP contribution in [0, 0.1) is 6.92 Å². The van der Waals surface area contributed by atoms with Crippen molar-refractivity contribution in [2.24, 2.45) is 4.99 Å². The average molecular weight is 467 g/mol. The number of aliphatic imine (C=N–C) groups is 1. The molecule has 5 nitrogen and oxygen atoms in total. The maximum Gasteiger partial charge on any atom is 0.195 e. The minimum absolute atomic E-state index is 0. The van der Waals surface area contributed by atoms with Gasteiger partial charge in [0, 0.05) is 31.8 Å². The lowest BCUT2D eigenvalue weighted by atomic mass is 10.1. The first kappa shape index (κ1) is 20.4. The van der Waals surface area contributed by atoms with Crippen LogP contribution in [0.4, 0.5) is 5.69 Å². The molecule has 2 aromatic carbocycles. The molecule has 140 valence electrons. The lowest BCUT2D eigenvalue weighted by Crippen LogP contribution is -2.32. The molecule has 26 heavy (non-hydrogen) atoms. The van der Waals surface area contributed by atoms with Crippen molar-refractivity contribution in [2.45, 2.75) is 19.8 Å². The Kier molecular flexibility index (Phi) is 8.03. The van der Waals surface area contributed by atoms with Crippen LogP contribution in [0.15, 0.2) is 47.5 Å². The summed E-state index contributed by atoms with van der Waals surface area (Å²) < 4.78 is 11.4. The molecule has 0 aliphatic carbocycles. The molecule has 0 aromatic heterocycles. The summed E-state index contributed by atoms with van der Waals surface area (Å²) in [5.41, 5.74) is 3.53. The van der Waals surface area contributed by atoms with Gasteiger partial charge in [0.25, 0.3) is 0 Å². The Morgan fingerprint density at radius 1 is 1.08 bits per heavy atom. The Bertz CT molecular complexity index is 750. The highest BCUT2D eigenvalue weighted by atomic mass is 127. The van der Waals surface area contributed by atoms with Gasteiger partial charge in [0.2, 0.25) is 0 Å². The largest absolute Gasteiger partial charge is 0.490 e. The molecule has 0 unspecified atom stereocenters. The lowest BCUT2D eigenvalue weighted by Gasteiger charge is -2.14. The molecule has 0 amide bonds. The summed E-state index contributed by atoms with van der Waals surface area (Å²) in [6.07, 6.45) is 1.85. The highest BCUT2D eigenvalue weighted by Gasteiger charge is 2.11. The monoisotopic (exact) mass is 467 g/mol. The van der Waals surface area contributed by atoms with E-state index >= 15 is 0 Å². The highest BCUT2D eigenvalue weighted by molar-refractivity contribution is 14.0. The molecule has 2 N–H and O–H groups in total. The maximum atomic E-state index is 5.73. The van der Waals surface area contributed by atoms with E-state index in [1.165, 1.54) is 11.1 Å². The molecule has 1 aliphatic heterocycles. The number of aryl methyl sites for hydroxylation is 1. The molecule has 0 fully saturated rings. The zero-order valence-electron chi connectivity index (χ0n) is 15.2. The van der Waals surface area contributed by atoms with Crippen LogP contribution >= 0.6 is 24.0 Å². The van der Waals surface area contributed by atoms with Crippen molar-refractivity contribution < 1.29 is 9.47 Å². The molecule has 0 radical (unpaired) electrons. The summed E-state index contributed by atoms with van der Waals surface area (Å²) in [5.74, 6) is 2.31. The van der Waals surface area contributed by atoms with E-state index < -0.39 is 0 Å². The number of ether oxygens (including phenoxy) is 2. The molecule has 0 spiro atoms. The van der Waals surface area contributed by atoms with Crippen LogP contribution < -0.4 is 20.1 Å². The SMILES string of the molecule is CN=C(NCCc1cccc(C)c1)Nc1ccc2c(c1)OCCCO2.I. The number of fused-ring (bicyclic) bond motifs is 1. The quantitative estimate of drug-likeness (QED) is 0.406. The van der Waals surface area contributed by atoms with Gasteiger partial charge >= 0.3 is 0 Å². The van der Waals surface area contributed by atoms with Gasteiger partial charge in [0.15, 0.2) is 17.5 Å². The number of halogens is 1. The van der Waals surface area contributed by atoms with Crippen LogP contribution in [0.2, 0.25) is 0 Å². The van der Waals surface area contributed by atoms with Crippen molar-refractivity contribution >= 4 is 35.6 Å². The summed E-state index contributed by atoms with van der Waals surface area (Å²) >= 11 is 0. The topological polar surface area (TPSA) is 54.9 Å². The number of rotatable bonds is 4. The third-order valence-electron chi connectivity index (χ3n) is 4.02. The van der Waals surface area contributed by atoms with E-state index in [0.29, 0.717) is 13.2 Å². The molecule has 0 saturated heterocycles. The summed E-state index contributed by atoms with van der Waals surface area (Å²) in [6, 6.07) is 14.4. The van der Waals surface area contributed by atoms with Crippen LogP contribution in [-0.2, 0) is 6.42 Å². The average Bonchev–Trinajstić information content (AvgIpc) is 2.86. The molecule has 0 saturated carbocycles. The van der Waals surface area contributed by atoms with Gasteiger partial charge in [-0.3, -0.25) is 4.99 Å². The summed E-state index contributed by atoms with van der Waals surface area (Å²) in [5, 5.41) is 6.65. The first-order chi connectivity index (χ1) is 12.2. The van der Waals surface area contributed by atoms with E-state index in [1.807, 2.05) is 18.2 Å². The smallest absolute Gasteiger partial charge is 0.195 e. The molecule has 3 rings (SSSR count). The number of hydrogen-bond donors (Lipinski definition) is 2. The van der Waals surface area contributed by atoms with Crippen molar-refractivity contribution in [1.82, 2.24) is 5.32 Å². The van der Waals surface area contributed by atoms with E-state index in [0.717, 1.165) is 42.5 Å². The number of guanidine groups is 1. The van der Waals surface area contributed by atoms with Crippen LogP contribution in [0.3, 0.4) is 0 Å². The second-order valence-corrected chi connectivity index (χ2v) is 6.08. The van der Waals surface area contributed by atoms with Crippen molar-refractivity contribution in [1.29, 1.82) is 0 Å². The fourth-order valence-electron chi connectivity index (χ4n) is 2.75. The minimum Gasteiger partial charge on any atom is -0.490 e. The number of anilines is 1. The number of hydrogen-bond acceptors (Lipinski definition) is 3. The second kappa shape index (κ2) is 10.3. The Morgan fingerprint density at radius 3 is 2.65 bits per heavy atom. The van der Waals surface area contributed by atoms with E-state index in [-0.39, 0.29) is 24.0 Å². The van der Waals surface area contributed by atoms with Gasteiger partial charge in [-0.15, -0.1) is 24.0 Å². The van der Waals surface area contributed by atoms with Gasteiger partial charge in [-0.05, 0) is 31.0 Å². The third-order valence-corrected chi connectivity index (χ3v) is 4.02. The lowest BCUT2D eigenvalue weighted by molar-refractivity contribution is 0.297. The predicted octanol–water partition coefficient (Wildman–Crippen LogP) is 4.00. The van der Waals surface area contributed by atoms with Crippen LogP contribution in [0.1, 0.15) is 17.5 Å². The van der Waals surface area contributed by atoms with Crippen LogP contribution in [0.25, 0.3) is 0 Å². The Balaban J connectivity index is 0.00000243. The zero-order chi connectivity index (χ0) is 17.5. The molecule has 1 heterocycles. The minimum atomic E-state index is 0. The summed E-state index contributed by atoms with van der Waals surface area (Å²) in [7, 11) is 1.77. The molecule has 0 atom stereocenters. The molecular weight excluding hydrogens is 441 g/mol. The van der Waals surface area contributed by atoms with Gasteiger partial charge in [0.1, 0.15) is 0 Å². The normalized spacial score (nSPS) is 13.4. The molecular formula is C20H26IN3O2. The first-order valence-electron chi connectivity index (χ1n) is 8.67. The molecule has 2 aromatic rings. The van der Waals surface area contributed by atoms with Crippen LogP contribution in [-0.4, -0.2) is 32.8 Å². The third kappa shape index (κ3) is 5.79. The van der Waals surface area contributed by atoms with Gasteiger partial charge in [-0.2, -0.15) is 0 Å². The van der Waals surface area contributed by atoms with Crippen molar-refractivity contribution in [2.75, 3.05) is 32.1 Å². The zero-order valence-corrected chi connectivity index (χ0v) is 17.6. The predicted molar refractivity (Wildman–Crippen MR) is 117 cm³/mol. The Morgan fingerprint density at radius 2 is 1.88 bits per heavy atom. The van der Waals surface area contributed by atoms with E-state index in [1.54, 1.807) is 7.05 Å². The van der Waals surface area contributed by atoms with Gasteiger partial charge in [0.05, 0.1) is 13.2 Å². The van der Waals surface area contributed by atoms with E-state index in [2.05, 4.69) is 46.8 Å². The van der Waals surface area contributed by atoms with Crippen LogP contribution in [0.5, 0.6) is 11.5 Å². The summed E-state index contributed by atoms with van der Waals surface area (Å²) in [6.45, 7) is 4.30. The molecule has 0 bridgehead atoms. The van der Waals surface area contributed by atoms with Gasteiger partial charge in [-0.1, -0.05) is 29.8 Å². The number of nitrogens with one attached hydrogen (secondary N) is 2. The van der Waals surface area contributed by atoms with Crippen molar-refractivity contribution in [3.63, 3.8) is 0 Å². The van der Waals surface area contributed by atoms with Gasteiger partial charge < -0.3 is 20.1 Å². The van der Waals surface area contributed by atoms with E-state index in [9.17, 15) is 0 Å². The first-order valence-corrected chi connectivity index (χ1v) is 8.67. The summed E-state index contributed by atoms with van der Waals surface area (Å²) in [4.78, 5) is 4.29. The molecule has 1 aliphatic rings. The second-order valence-electron chi connectivity index (χ2n) is 6.08. The highest BCUT2D eigenvalue weighted by Crippen LogP contribution is 2.32. The molecule has 6 heteroatoms. The fraction of sp³-hybridized carbons (Fsp3) is 0.350. The number of nitrogens with zero attached hydrogens (tertiary/aromatic N) is 1.